The van der Waals surface area contributed by atoms with E-state index in [0.29, 0.717) is 6.54 Å². The molecule has 0 aliphatic carbocycles. The van der Waals surface area contributed by atoms with Crippen molar-refractivity contribution in [2.75, 3.05) is 11.4 Å². The highest BCUT2D eigenvalue weighted by atomic mass is 16.4. The highest BCUT2D eigenvalue weighted by molar-refractivity contribution is 5.92. The Labute approximate surface area is 203 Å². The Balaban J connectivity index is 1.75. The van der Waals surface area contributed by atoms with E-state index in [1.54, 1.807) is 12.1 Å². The van der Waals surface area contributed by atoms with Crippen molar-refractivity contribution in [3.63, 3.8) is 0 Å². The normalized spacial score (nSPS) is 10.9. The van der Waals surface area contributed by atoms with Crippen molar-refractivity contribution < 1.29 is 15.0 Å². The smallest absolute Gasteiger partial charge is 0.339 e. The summed E-state index contributed by atoms with van der Waals surface area (Å²) in [5.41, 5.74) is 5.72. The van der Waals surface area contributed by atoms with Crippen LogP contribution in [0.15, 0.2) is 66.7 Å². The first-order valence-corrected chi connectivity index (χ1v) is 12.5. The largest absolute Gasteiger partial charge is 0.507 e. The molecule has 0 saturated carbocycles. The van der Waals surface area contributed by atoms with Crippen LogP contribution in [0.2, 0.25) is 0 Å². The van der Waals surface area contributed by atoms with Gasteiger partial charge in [-0.2, -0.15) is 0 Å². The molecule has 4 heteroatoms. The number of benzene rings is 3. The molecule has 0 aliphatic rings. The summed E-state index contributed by atoms with van der Waals surface area (Å²) in [6.07, 6.45) is 8.10. The zero-order valence-corrected chi connectivity index (χ0v) is 20.5. The monoisotopic (exact) mass is 459 g/mol. The number of nitrogens with zero attached hydrogens (tertiary/aromatic N) is 1. The van der Waals surface area contributed by atoms with Crippen molar-refractivity contribution in [3.05, 3.63) is 83.4 Å². The number of rotatable bonds is 13. The average molecular weight is 460 g/mol. The molecular formula is C30H37NO3. The maximum atomic E-state index is 11.5. The van der Waals surface area contributed by atoms with E-state index in [1.807, 2.05) is 0 Å². The third kappa shape index (κ3) is 7.11. The second-order valence-corrected chi connectivity index (χ2v) is 8.99. The molecule has 0 bridgehead atoms. The fraction of sp³-hybridized carbons (Fsp3) is 0.367. The van der Waals surface area contributed by atoms with Gasteiger partial charge in [-0.1, -0.05) is 88.1 Å². The van der Waals surface area contributed by atoms with Gasteiger partial charge in [-0.3, -0.25) is 0 Å². The number of phenols is 1. The summed E-state index contributed by atoms with van der Waals surface area (Å²) >= 11 is 0. The molecule has 3 aromatic rings. The third-order valence-corrected chi connectivity index (χ3v) is 6.29. The molecule has 2 N–H and O–H groups in total. The summed E-state index contributed by atoms with van der Waals surface area (Å²) in [4.78, 5) is 13.7. The van der Waals surface area contributed by atoms with Gasteiger partial charge in [0.15, 0.2) is 0 Å². The minimum atomic E-state index is -1.12. The first-order chi connectivity index (χ1) is 16.5. The van der Waals surface area contributed by atoms with Crippen molar-refractivity contribution in [2.45, 2.75) is 65.3 Å². The fourth-order valence-corrected chi connectivity index (χ4v) is 4.19. The summed E-state index contributed by atoms with van der Waals surface area (Å²) in [6.45, 7) is 5.93. The van der Waals surface area contributed by atoms with Gasteiger partial charge in [0.05, 0.1) is 0 Å². The zero-order chi connectivity index (χ0) is 24.3. The Hall–Kier alpha value is -3.27. The van der Waals surface area contributed by atoms with Crippen molar-refractivity contribution >= 4 is 11.7 Å². The summed E-state index contributed by atoms with van der Waals surface area (Å²) in [5.74, 6) is -1.32. The van der Waals surface area contributed by atoms with Crippen LogP contribution in [0.4, 0.5) is 5.69 Å². The first-order valence-electron chi connectivity index (χ1n) is 12.5. The van der Waals surface area contributed by atoms with Crippen LogP contribution in [0.3, 0.4) is 0 Å². The van der Waals surface area contributed by atoms with Crippen LogP contribution < -0.4 is 4.90 Å². The molecule has 0 heterocycles. The molecule has 0 unspecified atom stereocenters. The van der Waals surface area contributed by atoms with Gasteiger partial charge >= 0.3 is 5.97 Å². The molecule has 0 aliphatic heterocycles. The van der Waals surface area contributed by atoms with Crippen LogP contribution in [0.1, 0.15) is 73.9 Å². The fourth-order valence-electron chi connectivity index (χ4n) is 4.19. The summed E-state index contributed by atoms with van der Waals surface area (Å²) in [6, 6.07) is 22.3. The second kappa shape index (κ2) is 12.8. The van der Waals surface area contributed by atoms with Gasteiger partial charge in [0.1, 0.15) is 11.3 Å². The van der Waals surface area contributed by atoms with E-state index in [2.05, 4.69) is 67.3 Å². The lowest BCUT2D eigenvalue weighted by Gasteiger charge is -2.26. The van der Waals surface area contributed by atoms with E-state index in [1.165, 1.54) is 54.0 Å². The number of aromatic hydroxyl groups is 1. The number of carboxylic acid groups (broad SMARTS) is 1. The van der Waals surface area contributed by atoms with Gasteiger partial charge in [0.25, 0.3) is 0 Å². The minimum absolute atomic E-state index is 0.0613. The molecule has 0 atom stereocenters. The maximum absolute atomic E-state index is 11.5. The number of aromatic carboxylic acids is 1. The molecule has 0 amide bonds. The van der Waals surface area contributed by atoms with E-state index in [-0.39, 0.29) is 11.3 Å². The van der Waals surface area contributed by atoms with E-state index >= 15 is 0 Å². The van der Waals surface area contributed by atoms with Crippen molar-refractivity contribution in [3.8, 4) is 16.9 Å². The number of hydrogen-bond donors (Lipinski definition) is 2. The zero-order valence-electron chi connectivity index (χ0n) is 20.5. The Kier molecular flexibility index (Phi) is 9.57. The van der Waals surface area contributed by atoms with E-state index in [9.17, 15) is 15.0 Å². The Bertz CT molecular complexity index is 1040. The molecule has 34 heavy (non-hydrogen) atoms. The third-order valence-electron chi connectivity index (χ3n) is 6.29. The van der Waals surface area contributed by atoms with Gasteiger partial charge in [-0.25, -0.2) is 4.79 Å². The molecule has 180 valence electrons. The number of aryl methyl sites for hydroxylation is 1. The molecule has 4 nitrogen and oxygen atoms in total. The van der Waals surface area contributed by atoms with Crippen LogP contribution in [0.5, 0.6) is 5.75 Å². The lowest BCUT2D eigenvalue weighted by Crippen LogP contribution is -2.24. The van der Waals surface area contributed by atoms with E-state index in [0.717, 1.165) is 31.5 Å². The SMILES string of the molecule is CCCCCCN(Cc1ccc(-c2ccc(CCCC)cc2)cc1)c1ccc(O)c(C(=O)O)c1. The number of carbonyl (C=O) groups is 1. The van der Waals surface area contributed by atoms with Crippen LogP contribution >= 0.6 is 0 Å². The molecule has 0 aromatic heterocycles. The Morgan fingerprint density at radius 3 is 1.97 bits per heavy atom. The van der Waals surface area contributed by atoms with Crippen LogP contribution in [-0.2, 0) is 13.0 Å². The van der Waals surface area contributed by atoms with Gasteiger partial charge in [-0.05, 0) is 59.7 Å². The minimum Gasteiger partial charge on any atom is -0.507 e. The number of unbranched alkanes of at least 4 members (excludes halogenated alkanes) is 4. The van der Waals surface area contributed by atoms with Crippen molar-refractivity contribution in [2.24, 2.45) is 0 Å². The lowest BCUT2D eigenvalue weighted by molar-refractivity contribution is 0.0693. The standard InChI is InChI=1S/C30H37NO3/c1-3-5-7-8-20-31(27-18-19-29(32)28(21-27)30(33)34)22-24-12-16-26(17-13-24)25-14-10-23(11-15-25)9-6-4-2/h10-19,21,32H,3-9,20,22H2,1-2H3,(H,33,34). The van der Waals surface area contributed by atoms with Gasteiger partial charge in [-0.15, -0.1) is 0 Å². The highest BCUT2D eigenvalue weighted by Gasteiger charge is 2.14. The summed E-state index contributed by atoms with van der Waals surface area (Å²) in [7, 11) is 0. The molecule has 3 rings (SSSR count). The summed E-state index contributed by atoms with van der Waals surface area (Å²) < 4.78 is 0. The average Bonchev–Trinajstić information content (AvgIpc) is 2.85. The van der Waals surface area contributed by atoms with E-state index < -0.39 is 5.97 Å². The number of anilines is 1. The summed E-state index contributed by atoms with van der Waals surface area (Å²) in [5, 5.41) is 19.3. The van der Waals surface area contributed by atoms with Gasteiger partial charge in [0, 0.05) is 18.8 Å². The maximum Gasteiger partial charge on any atom is 0.339 e. The number of carboxylic acids is 1. The second-order valence-electron chi connectivity index (χ2n) is 8.99. The quantitative estimate of drug-likeness (QED) is 0.257. The molecule has 0 radical (unpaired) electrons. The van der Waals surface area contributed by atoms with Crippen LogP contribution in [0.25, 0.3) is 11.1 Å². The lowest BCUT2D eigenvalue weighted by atomic mass is 10.0. The predicted molar refractivity (Wildman–Crippen MR) is 141 cm³/mol. The molecule has 0 spiro atoms. The first kappa shape index (κ1) is 25.4. The topological polar surface area (TPSA) is 60.8 Å². The molecular weight excluding hydrogens is 422 g/mol. The Morgan fingerprint density at radius 1 is 0.765 bits per heavy atom. The molecule has 0 saturated heterocycles. The van der Waals surface area contributed by atoms with Crippen molar-refractivity contribution in [1.29, 1.82) is 0 Å². The van der Waals surface area contributed by atoms with Gasteiger partial charge < -0.3 is 15.1 Å². The van der Waals surface area contributed by atoms with Crippen LogP contribution in [0, 0.1) is 0 Å². The van der Waals surface area contributed by atoms with Crippen molar-refractivity contribution in [1.82, 2.24) is 0 Å². The highest BCUT2D eigenvalue weighted by Crippen LogP contribution is 2.27. The predicted octanol–water partition coefficient (Wildman–Crippen LogP) is 7.69. The Morgan fingerprint density at radius 2 is 1.38 bits per heavy atom. The molecule has 3 aromatic carbocycles. The van der Waals surface area contributed by atoms with E-state index in [4.69, 9.17) is 0 Å². The van der Waals surface area contributed by atoms with Gasteiger partial charge in [0.2, 0.25) is 0 Å². The van der Waals surface area contributed by atoms with Crippen LogP contribution in [-0.4, -0.2) is 22.7 Å². The molecule has 0 fully saturated rings. The number of hydrogen-bond acceptors (Lipinski definition) is 3.